The summed E-state index contributed by atoms with van der Waals surface area (Å²) in [5.74, 6) is 0.849. The molecule has 0 spiro atoms. The molecule has 0 amide bonds. The van der Waals surface area contributed by atoms with Gasteiger partial charge in [0.1, 0.15) is 11.3 Å². The second-order valence-corrected chi connectivity index (χ2v) is 4.68. The Balaban J connectivity index is 2.56. The first kappa shape index (κ1) is 11.8. The number of fused-ring (bicyclic) bond motifs is 3. The van der Waals surface area contributed by atoms with Gasteiger partial charge in [0, 0.05) is 10.9 Å². The second-order valence-electron chi connectivity index (χ2n) is 4.68. The van der Waals surface area contributed by atoms with Crippen LogP contribution in [-0.4, -0.2) is 0 Å². The Morgan fingerprint density at radius 3 is 2.68 bits per heavy atom. The zero-order valence-corrected chi connectivity index (χ0v) is 11.2. The van der Waals surface area contributed by atoms with Crippen molar-refractivity contribution in [3.8, 4) is 0 Å². The summed E-state index contributed by atoms with van der Waals surface area (Å²) in [6.45, 7) is 8.02. The number of hydrogen-bond acceptors (Lipinski definition) is 1. The molecule has 0 bridgehead atoms. The van der Waals surface area contributed by atoms with Crippen LogP contribution in [0, 0.1) is 0 Å². The summed E-state index contributed by atoms with van der Waals surface area (Å²) < 4.78 is 5.92. The molecule has 1 aromatic heterocycles. The molecule has 0 aliphatic heterocycles. The van der Waals surface area contributed by atoms with E-state index in [1.807, 2.05) is 13.0 Å². The second kappa shape index (κ2) is 4.43. The van der Waals surface area contributed by atoms with Gasteiger partial charge in [-0.25, -0.2) is 0 Å². The molecule has 2 aromatic carbocycles. The number of allylic oxidation sites excluding steroid dienone is 2. The molecule has 0 saturated carbocycles. The van der Waals surface area contributed by atoms with E-state index in [2.05, 4.69) is 49.9 Å². The van der Waals surface area contributed by atoms with Crippen molar-refractivity contribution < 1.29 is 4.42 Å². The van der Waals surface area contributed by atoms with E-state index in [-0.39, 0.29) is 0 Å². The molecular weight excluding hydrogens is 232 g/mol. The molecule has 19 heavy (non-hydrogen) atoms. The van der Waals surface area contributed by atoms with Gasteiger partial charge in [-0.1, -0.05) is 43.0 Å². The maximum atomic E-state index is 5.92. The molecule has 0 radical (unpaired) electrons. The summed E-state index contributed by atoms with van der Waals surface area (Å²) in [5, 5.41) is 3.65. The van der Waals surface area contributed by atoms with E-state index in [1.165, 1.54) is 21.7 Å². The minimum Gasteiger partial charge on any atom is -0.456 e. The van der Waals surface area contributed by atoms with Gasteiger partial charge in [0.25, 0.3) is 0 Å². The normalized spacial score (nSPS) is 12.2. The summed E-state index contributed by atoms with van der Waals surface area (Å²) in [7, 11) is 0. The summed E-state index contributed by atoms with van der Waals surface area (Å²) in [4.78, 5) is 0. The smallest absolute Gasteiger partial charge is 0.136 e. The molecule has 0 aliphatic rings. The average molecular weight is 248 g/mol. The number of rotatable bonds is 2. The van der Waals surface area contributed by atoms with Gasteiger partial charge in [0.15, 0.2) is 0 Å². The van der Waals surface area contributed by atoms with Crippen molar-refractivity contribution >= 4 is 33.4 Å². The van der Waals surface area contributed by atoms with Crippen molar-refractivity contribution in [2.75, 3.05) is 0 Å². The molecule has 1 heteroatoms. The van der Waals surface area contributed by atoms with Crippen LogP contribution in [0.4, 0.5) is 0 Å². The number of hydrogen-bond donors (Lipinski definition) is 0. The van der Waals surface area contributed by atoms with E-state index >= 15 is 0 Å². The van der Waals surface area contributed by atoms with Gasteiger partial charge in [0.05, 0.1) is 0 Å². The van der Waals surface area contributed by atoms with E-state index in [1.54, 1.807) is 6.08 Å². The zero-order valence-electron chi connectivity index (χ0n) is 11.2. The van der Waals surface area contributed by atoms with Crippen LogP contribution >= 0.6 is 0 Å². The predicted molar refractivity (Wildman–Crippen MR) is 83.1 cm³/mol. The summed E-state index contributed by atoms with van der Waals surface area (Å²) in [5.41, 5.74) is 3.29. The number of benzene rings is 2. The van der Waals surface area contributed by atoms with Crippen molar-refractivity contribution in [1.29, 1.82) is 0 Å². The molecule has 0 aliphatic carbocycles. The topological polar surface area (TPSA) is 13.1 Å². The quantitative estimate of drug-likeness (QED) is 0.571. The molecule has 0 atom stereocenters. The van der Waals surface area contributed by atoms with Gasteiger partial charge in [-0.2, -0.15) is 0 Å². The van der Waals surface area contributed by atoms with E-state index in [9.17, 15) is 0 Å². The fourth-order valence-corrected chi connectivity index (χ4v) is 2.57. The molecule has 1 nitrogen and oxygen atoms in total. The van der Waals surface area contributed by atoms with Crippen LogP contribution in [0.1, 0.15) is 25.2 Å². The molecule has 0 saturated heterocycles. The first-order valence-electron chi connectivity index (χ1n) is 6.46. The van der Waals surface area contributed by atoms with Gasteiger partial charge in [-0.3, -0.25) is 0 Å². The van der Waals surface area contributed by atoms with Crippen LogP contribution in [0.2, 0.25) is 0 Å². The van der Waals surface area contributed by atoms with Gasteiger partial charge in [-0.15, -0.1) is 0 Å². The van der Waals surface area contributed by atoms with Crippen LogP contribution in [-0.2, 0) is 0 Å². The maximum Gasteiger partial charge on any atom is 0.136 e. The first-order chi connectivity index (χ1) is 9.26. The Kier molecular flexibility index (Phi) is 2.75. The SMILES string of the molecule is C=Cc1oc2ccc3ccccc3c2c1/C(C)=C\C. The highest BCUT2D eigenvalue weighted by molar-refractivity contribution is 6.11. The number of furan rings is 1. The standard InChI is InChI=1S/C18H16O/c1-4-12(3)17-15(5-2)19-16-11-10-13-8-6-7-9-14(13)18(16)17/h4-11H,2H2,1,3H3/b12-4-. The minimum atomic E-state index is 0.849. The van der Waals surface area contributed by atoms with Crippen molar-refractivity contribution in [2.45, 2.75) is 13.8 Å². The summed E-state index contributed by atoms with van der Waals surface area (Å²) in [6.07, 6.45) is 3.90. The molecule has 94 valence electrons. The van der Waals surface area contributed by atoms with Crippen LogP contribution in [0.15, 0.2) is 53.5 Å². The Bertz CT molecular complexity index is 803. The van der Waals surface area contributed by atoms with Crippen LogP contribution < -0.4 is 0 Å². The molecule has 3 aromatic rings. The van der Waals surface area contributed by atoms with Crippen LogP contribution in [0.3, 0.4) is 0 Å². The third-order valence-electron chi connectivity index (χ3n) is 3.62. The third-order valence-corrected chi connectivity index (χ3v) is 3.62. The van der Waals surface area contributed by atoms with E-state index < -0.39 is 0 Å². The van der Waals surface area contributed by atoms with E-state index in [0.717, 1.165) is 16.9 Å². The Morgan fingerprint density at radius 2 is 1.95 bits per heavy atom. The Morgan fingerprint density at radius 1 is 1.16 bits per heavy atom. The minimum absolute atomic E-state index is 0.849. The molecule has 0 N–H and O–H groups in total. The van der Waals surface area contributed by atoms with Gasteiger partial charge >= 0.3 is 0 Å². The molecular formula is C18H16O. The first-order valence-corrected chi connectivity index (χ1v) is 6.46. The monoisotopic (exact) mass is 248 g/mol. The van der Waals surface area contributed by atoms with Crippen molar-refractivity contribution in [2.24, 2.45) is 0 Å². The fourth-order valence-electron chi connectivity index (χ4n) is 2.57. The highest BCUT2D eigenvalue weighted by Crippen LogP contribution is 2.36. The van der Waals surface area contributed by atoms with Crippen molar-refractivity contribution in [3.05, 3.63) is 60.4 Å². The lowest BCUT2D eigenvalue weighted by Gasteiger charge is -2.03. The Labute approximate surface area is 112 Å². The van der Waals surface area contributed by atoms with Crippen molar-refractivity contribution in [1.82, 2.24) is 0 Å². The fraction of sp³-hybridized carbons (Fsp3) is 0.111. The lowest BCUT2D eigenvalue weighted by molar-refractivity contribution is 0.603. The van der Waals surface area contributed by atoms with Crippen LogP contribution in [0.5, 0.6) is 0 Å². The average Bonchev–Trinajstić information content (AvgIpc) is 2.85. The maximum absolute atomic E-state index is 5.92. The highest BCUT2D eigenvalue weighted by Gasteiger charge is 2.15. The van der Waals surface area contributed by atoms with E-state index in [0.29, 0.717) is 0 Å². The zero-order chi connectivity index (χ0) is 13.4. The third kappa shape index (κ3) is 1.70. The van der Waals surface area contributed by atoms with Gasteiger partial charge in [0.2, 0.25) is 0 Å². The summed E-state index contributed by atoms with van der Waals surface area (Å²) >= 11 is 0. The molecule has 0 fully saturated rings. The van der Waals surface area contributed by atoms with Gasteiger partial charge < -0.3 is 4.42 Å². The van der Waals surface area contributed by atoms with Crippen molar-refractivity contribution in [3.63, 3.8) is 0 Å². The lowest BCUT2D eigenvalue weighted by atomic mass is 9.98. The predicted octanol–water partition coefficient (Wildman–Crippen LogP) is 5.65. The molecule has 1 heterocycles. The highest BCUT2D eigenvalue weighted by atomic mass is 16.3. The largest absolute Gasteiger partial charge is 0.456 e. The summed E-state index contributed by atoms with van der Waals surface area (Å²) in [6, 6.07) is 12.5. The lowest BCUT2D eigenvalue weighted by Crippen LogP contribution is -1.82. The molecule has 0 unspecified atom stereocenters. The van der Waals surface area contributed by atoms with Gasteiger partial charge in [-0.05, 0) is 42.3 Å². The van der Waals surface area contributed by atoms with Crippen LogP contribution in [0.25, 0.3) is 33.4 Å². The van der Waals surface area contributed by atoms with E-state index in [4.69, 9.17) is 4.42 Å². The molecule has 3 rings (SSSR count). The Hall–Kier alpha value is -2.28.